The van der Waals surface area contributed by atoms with Crippen LogP contribution in [0.1, 0.15) is 12.0 Å². The third-order valence-electron chi connectivity index (χ3n) is 2.37. The molecule has 0 aliphatic carbocycles. The van der Waals surface area contributed by atoms with Crippen molar-refractivity contribution in [1.29, 1.82) is 0 Å². The molecule has 1 amide bonds. The van der Waals surface area contributed by atoms with Crippen molar-refractivity contribution in [2.45, 2.75) is 13.3 Å². The smallest absolute Gasteiger partial charge is 0.227 e. The van der Waals surface area contributed by atoms with E-state index in [1.165, 1.54) is 5.56 Å². The molecule has 1 aromatic rings. The van der Waals surface area contributed by atoms with Gasteiger partial charge >= 0.3 is 0 Å². The van der Waals surface area contributed by atoms with E-state index < -0.39 is 0 Å². The molecular weight excluding hydrogens is 208 g/mol. The Kier molecular flexibility index (Phi) is 2.68. The van der Waals surface area contributed by atoms with Crippen LogP contribution in [0.25, 0.3) is 0 Å². The van der Waals surface area contributed by atoms with Gasteiger partial charge in [-0.2, -0.15) is 0 Å². The van der Waals surface area contributed by atoms with E-state index in [-0.39, 0.29) is 5.91 Å². The maximum absolute atomic E-state index is 11.1. The Morgan fingerprint density at radius 1 is 1.47 bits per heavy atom. The van der Waals surface area contributed by atoms with Crippen molar-refractivity contribution in [3.63, 3.8) is 0 Å². The fourth-order valence-corrected chi connectivity index (χ4v) is 1.92. The molecular formula is C11H12N2OS. The Bertz CT molecular complexity index is 417. The van der Waals surface area contributed by atoms with Crippen molar-refractivity contribution < 1.29 is 4.79 Å². The lowest BCUT2D eigenvalue weighted by atomic mass is 10.2. The molecule has 0 radical (unpaired) electrons. The summed E-state index contributed by atoms with van der Waals surface area (Å²) in [5, 5.41) is 3.16. The molecule has 2 rings (SSSR count). The zero-order valence-electron chi connectivity index (χ0n) is 8.49. The van der Waals surface area contributed by atoms with E-state index in [0.29, 0.717) is 18.1 Å². The van der Waals surface area contributed by atoms with E-state index in [1.807, 2.05) is 30.0 Å². The summed E-state index contributed by atoms with van der Waals surface area (Å²) in [5.74, 6) is 0.00361. The topological polar surface area (TPSA) is 32.3 Å². The van der Waals surface area contributed by atoms with Crippen LogP contribution in [0.15, 0.2) is 24.3 Å². The predicted molar refractivity (Wildman–Crippen MR) is 63.9 cm³/mol. The van der Waals surface area contributed by atoms with Crippen LogP contribution in [0, 0.1) is 6.92 Å². The van der Waals surface area contributed by atoms with Gasteiger partial charge in [0.1, 0.15) is 0 Å². The molecule has 1 aliphatic heterocycles. The Hall–Kier alpha value is -1.42. The molecule has 0 atom stereocenters. The van der Waals surface area contributed by atoms with Gasteiger partial charge in [0, 0.05) is 18.7 Å². The van der Waals surface area contributed by atoms with Gasteiger partial charge in [0.05, 0.1) is 0 Å². The molecule has 78 valence electrons. The SMILES string of the molecule is Cc1cccc(N2CCC(=O)NC2=S)c1. The van der Waals surface area contributed by atoms with Gasteiger partial charge < -0.3 is 10.2 Å². The minimum Gasteiger partial charge on any atom is -0.318 e. The van der Waals surface area contributed by atoms with Gasteiger partial charge in [-0.05, 0) is 36.8 Å². The summed E-state index contributed by atoms with van der Waals surface area (Å²) in [4.78, 5) is 13.0. The Morgan fingerprint density at radius 2 is 2.27 bits per heavy atom. The molecule has 0 spiro atoms. The van der Waals surface area contributed by atoms with E-state index in [2.05, 4.69) is 11.4 Å². The summed E-state index contributed by atoms with van der Waals surface area (Å²) in [5.41, 5.74) is 2.23. The highest BCUT2D eigenvalue weighted by molar-refractivity contribution is 7.80. The van der Waals surface area contributed by atoms with Crippen molar-refractivity contribution in [3.05, 3.63) is 29.8 Å². The second-order valence-corrected chi connectivity index (χ2v) is 3.98. The zero-order valence-corrected chi connectivity index (χ0v) is 9.30. The van der Waals surface area contributed by atoms with Gasteiger partial charge in [-0.1, -0.05) is 12.1 Å². The number of aryl methyl sites for hydroxylation is 1. The van der Waals surface area contributed by atoms with E-state index in [9.17, 15) is 4.79 Å². The van der Waals surface area contributed by atoms with E-state index in [4.69, 9.17) is 12.2 Å². The first kappa shape index (κ1) is 10.1. The van der Waals surface area contributed by atoms with Crippen LogP contribution in [-0.2, 0) is 4.79 Å². The summed E-state index contributed by atoms with van der Waals surface area (Å²) in [7, 11) is 0. The number of thiocarbonyl (C=S) groups is 1. The summed E-state index contributed by atoms with van der Waals surface area (Å²) in [6, 6.07) is 8.08. The summed E-state index contributed by atoms with van der Waals surface area (Å²) >= 11 is 5.12. The number of hydrogen-bond acceptors (Lipinski definition) is 2. The van der Waals surface area contributed by atoms with Crippen molar-refractivity contribution in [1.82, 2.24) is 5.32 Å². The number of nitrogens with one attached hydrogen (secondary N) is 1. The number of rotatable bonds is 1. The average molecular weight is 220 g/mol. The van der Waals surface area contributed by atoms with E-state index in [1.54, 1.807) is 0 Å². The molecule has 0 bridgehead atoms. The standard InChI is InChI=1S/C11H12N2OS/c1-8-3-2-4-9(7-8)13-6-5-10(14)12-11(13)15/h2-4,7H,5-6H2,1H3,(H,12,14,15). The summed E-state index contributed by atoms with van der Waals surface area (Å²) < 4.78 is 0. The number of nitrogens with zero attached hydrogens (tertiary/aromatic N) is 1. The molecule has 1 N–H and O–H groups in total. The summed E-state index contributed by atoms with van der Waals surface area (Å²) in [6.07, 6.45) is 0.494. The van der Waals surface area contributed by atoms with Crippen molar-refractivity contribution in [2.24, 2.45) is 0 Å². The first-order valence-electron chi connectivity index (χ1n) is 4.85. The van der Waals surface area contributed by atoms with Crippen LogP contribution in [0.5, 0.6) is 0 Å². The largest absolute Gasteiger partial charge is 0.318 e. The fourth-order valence-electron chi connectivity index (χ4n) is 1.61. The molecule has 4 heteroatoms. The molecule has 1 saturated heterocycles. The van der Waals surface area contributed by atoms with Gasteiger partial charge in [-0.25, -0.2) is 0 Å². The third kappa shape index (κ3) is 2.15. The monoisotopic (exact) mass is 220 g/mol. The van der Waals surface area contributed by atoms with Crippen LogP contribution in [0.2, 0.25) is 0 Å². The van der Waals surface area contributed by atoms with Gasteiger partial charge in [0.15, 0.2) is 5.11 Å². The van der Waals surface area contributed by atoms with E-state index in [0.717, 1.165) is 5.69 Å². The van der Waals surface area contributed by atoms with Crippen molar-refractivity contribution in [3.8, 4) is 0 Å². The van der Waals surface area contributed by atoms with E-state index >= 15 is 0 Å². The Morgan fingerprint density at radius 3 is 2.93 bits per heavy atom. The molecule has 1 aliphatic rings. The van der Waals surface area contributed by atoms with Crippen LogP contribution in [0.3, 0.4) is 0 Å². The molecule has 15 heavy (non-hydrogen) atoms. The van der Waals surface area contributed by atoms with Crippen LogP contribution in [-0.4, -0.2) is 17.6 Å². The minimum atomic E-state index is 0.00361. The number of benzene rings is 1. The molecule has 1 aromatic carbocycles. The molecule has 1 heterocycles. The highest BCUT2D eigenvalue weighted by Gasteiger charge is 2.20. The quantitative estimate of drug-likeness (QED) is 0.730. The van der Waals surface area contributed by atoms with Crippen LogP contribution < -0.4 is 10.2 Å². The number of anilines is 1. The van der Waals surface area contributed by atoms with Crippen molar-refractivity contribution in [2.75, 3.05) is 11.4 Å². The first-order chi connectivity index (χ1) is 7.16. The molecule has 0 saturated carbocycles. The molecule has 3 nitrogen and oxygen atoms in total. The Balaban J connectivity index is 2.24. The fraction of sp³-hybridized carbons (Fsp3) is 0.273. The number of carbonyl (C=O) groups excluding carboxylic acids is 1. The van der Waals surface area contributed by atoms with Gasteiger partial charge in [0.25, 0.3) is 0 Å². The van der Waals surface area contributed by atoms with Gasteiger partial charge in [0.2, 0.25) is 5.91 Å². The molecule has 0 unspecified atom stereocenters. The van der Waals surface area contributed by atoms with Gasteiger partial charge in [-0.3, -0.25) is 4.79 Å². The second-order valence-electron chi connectivity index (χ2n) is 3.59. The lowest BCUT2D eigenvalue weighted by Crippen LogP contribution is -2.49. The number of hydrogen-bond donors (Lipinski definition) is 1. The second kappa shape index (κ2) is 3.98. The van der Waals surface area contributed by atoms with Crippen LogP contribution in [0.4, 0.5) is 5.69 Å². The van der Waals surface area contributed by atoms with Gasteiger partial charge in [-0.15, -0.1) is 0 Å². The minimum absolute atomic E-state index is 0.00361. The number of amides is 1. The normalized spacial score (nSPS) is 16.5. The number of carbonyl (C=O) groups is 1. The third-order valence-corrected chi connectivity index (χ3v) is 2.69. The maximum Gasteiger partial charge on any atom is 0.227 e. The summed E-state index contributed by atoms with van der Waals surface area (Å²) in [6.45, 7) is 2.70. The molecule has 0 aromatic heterocycles. The molecule has 1 fully saturated rings. The lowest BCUT2D eigenvalue weighted by Gasteiger charge is -2.29. The van der Waals surface area contributed by atoms with Crippen molar-refractivity contribution >= 4 is 28.9 Å². The van der Waals surface area contributed by atoms with Crippen LogP contribution >= 0.6 is 12.2 Å². The maximum atomic E-state index is 11.1. The zero-order chi connectivity index (χ0) is 10.8. The first-order valence-corrected chi connectivity index (χ1v) is 5.25. The average Bonchev–Trinajstić information content (AvgIpc) is 2.17. The Labute approximate surface area is 94.1 Å². The predicted octanol–water partition coefficient (Wildman–Crippen LogP) is 1.61. The highest BCUT2D eigenvalue weighted by atomic mass is 32.1. The lowest BCUT2D eigenvalue weighted by molar-refractivity contribution is -0.119. The highest BCUT2D eigenvalue weighted by Crippen LogP contribution is 2.18.